The van der Waals surface area contributed by atoms with E-state index in [1.807, 2.05) is 24.3 Å². The average molecular weight is 403 g/mol. The van der Waals surface area contributed by atoms with Crippen molar-refractivity contribution in [2.24, 2.45) is 0 Å². The van der Waals surface area contributed by atoms with Gasteiger partial charge in [0.05, 0.1) is 35.1 Å². The molecule has 30 heavy (non-hydrogen) atoms. The fraction of sp³-hybridized carbons (Fsp3) is 0.333. The number of rotatable bonds is 4. The molecule has 0 bridgehead atoms. The average Bonchev–Trinajstić information content (AvgIpc) is 2.80. The number of nitrogens with zero attached hydrogens (tertiary/aromatic N) is 3. The number of esters is 1. The van der Waals surface area contributed by atoms with E-state index in [4.69, 9.17) is 14.7 Å². The van der Waals surface area contributed by atoms with Gasteiger partial charge < -0.3 is 9.64 Å². The molecule has 0 N–H and O–H groups in total. The first-order valence-electron chi connectivity index (χ1n) is 10.4. The molecule has 1 aliphatic rings. The van der Waals surface area contributed by atoms with Crippen LogP contribution in [0, 0.1) is 0 Å². The van der Waals surface area contributed by atoms with Crippen molar-refractivity contribution < 1.29 is 14.3 Å². The molecule has 0 spiro atoms. The zero-order valence-corrected chi connectivity index (χ0v) is 17.6. The summed E-state index contributed by atoms with van der Waals surface area (Å²) in [5.74, 6) is -0.472. The van der Waals surface area contributed by atoms with Gasteiger partial charge in [0.15, 0.2) is 0 Å². The molecule has 2 heterocycles. The molecule has 0 saturated heterocycles. The van der Waals surface area contributed by atoms with E-state index < -0.39 is 0 Å². The second kappa shape index (κ2) is 8.22. The molecular weight excluding hydrogens is 378 g/mol. The zero-order chi connectivity index (χ0) is 21.3. The van der Waals surface area contributed by atoms with Crippen LogP contribution in [-0.4, -0.2) is 35.5 Å². The van der Waals surface area contributed by atoms with Crippen molar-refractivity contribution in [3.63, 3.8) is 0 Å². The van der Waals surface area contributed by atoms with Crippen molar-refractivity contribution in [1.82, 2.24) is 9.97 Å². The van der Waals surface area contributed by atoms with Gasteiger partial charge in [-0.1, -0.05) is 19.9 Å². The number of aromatic nitrogens is 2. The van der Waals surface area contributed by atoms with E-state index in [9.17, 15) is 9.59 Å². The van der Waals surface area contributed by atoms with Crippen LogP contribution in [-0.2, 0) is 24.0 Å². The van der Waals surface area contributed by atoms with Gasteiger partial charge in [0.1, 0.15) is 0 Å². The van der Waals surface area contributed by atoms with Crippen LogP contribution in [0.4, 0.5) is 5.69 Å². The lowest BCUT2D eigenvalue weighted by atomic mass is 9.95. The highest BCUT2D eigenvalue weighted by Crippen LogP contribution is 2.31. The monoisotopic (exact) mass is 403 g/mol. The van der Waals surface area contributed by atoms with Gasteiger partial charge in [0, 0.05) is 17.8 Å². The van der Waals surface area contributed by atoms with Crippen molar-refractivity contribution in [1.29, 1.82) is 0 Å². The smallest absolute Gasteiger partial charge is 0.338 e. The number of carbonyl (C=O) groups excluding carboxylic acids is 2. The number of methoxy groups -OCH3 is 1. The van der Waals surface area contributed by atoms with E-state index in [1.165, 1.54) is 7.11 Å². The van der Waals surface area contributed by atoms with Gasteiger partial charge in [-0.25, -0.2) is 14.8 Å². The van der Waals surface area contributed by atoms with Crippen LogP contribution in [0.1, 0.15) is 57.9 Å². The van der Waals surface area contributed by atoms with Crippen LogP contribution in [0.2, 0.25) is 0 Å². The van der Waals surface area contributed by atoms with Gasteiger partial charge in [0.2, 0.25) is 0 Å². The molecule has 0 unspecified atom stereocenters. The maximum atomic E-state index is 13.4. The van der Waals surface area contributed by atoms with Gasteiger partial charge in [-0.15, -0.1) is 0 Å². The van der Waals surface area contributed by atoms with Crippen LogP contribution < -0.4 is 4.90 Å². The Morgan fingerprint density at radius 2 is 1.77 bits per heavy atom. The molecule has 6 heteroatoms. The largest absolute Gasteiger partial charge is 0.465 e. The van der Waals surface area contributed by atoms with Crippen molar-refractivity contribution in [2.75, 3.05) is 18.6 Å². The number of amides is 1. The van der Waals surface area contributed by atoms with Gasteiger partial charge in [0.25, 0.3) is 5.91 Å². The highest BCUT2D eigenvalue weighted by molar-refractivity contribution is 6.09. The Morgan fingerprint density at radius 3 is 2.47 bits per heavy atom. The maximum Gasteiger partial charge on any atom is 0.338 e. The molecule has 6 nitrogen and oxygen atoms in total. The highest BCUT2D eigenvalue weighted by atomic mass is 16.5. The summed E-state index contributed by atoms with van der Waals surface area (Å²) >= 11 is 0. The summed E-state index contributed by atoms with van der Waals surface area (Å²) in [4.78, 5) is 36.8. The van der Waals surface area contributed by atoms with Gasteiger partial charge in [-0.3, -0.25) is 4.79 Å². The third-order valence-corrected chi connectivity index (χ3v) is 5.64. The van der Waals surface area contributed by atoms with Crippen LogP contribution in [0.15, 0.2) is 36.4 Å². The molecule has 0 radical (unpaired) electrons. The minimum absolute atomic E-state index is 0.0979. The number of hydrogen-bond acceptors (Lipinski definition) is 5. The topological polar surface area (TPSA) is 72.4 Å². The van der Waals surface area contributed by atoms with Crippen molar-refractivity contribution in [3.05, 3.63) is 64.5 Å². The highest BCUT2D eigenvalue weighted by Gasteiger charge is 2.27. The molecular formula is C24H25N3O3. The van der Waals surface area contributed by atoms with E-state index >= 15 is 0 Å². The van der Waals surface area contributed by atoms with Gasteiger partial charge in [-0.05, 0) is 61.6 Å². The summed E-state index contributed by atoms with van der Waals surface area (Å²) in [7, 11) is 1.37. The fourth-order valence-corrected chi connectivity index (χ4v) is 4.12. The minimum atomic E-state index is -0.374. The predicted octanol–water partition coefficient (Wildman–Crippen LogP) is 4.13. The number of anilines is 1. The third-order valence-electron chi connectivity index (χ3n) is 5.64. The second-order valence-electron chi connectivity index (χ2n) is 7.38. The van der Waals surface area contributed by atoms with Crippen molar-refractivity contribution in [2.45, 2.75) is 39.5 Å². The molecule has 0 aliphatic carbocycles. The normalized spacial score (nSPS) is 13.2. The van der Waals surface area contributed by atoms with E-state index in [2.05, 4.69) is 13.8 Å². The quantitative estimate of drug-likeness (QED) is 0.613. The Labute approximate surface area is 175 Å². The van der Waals surface area contributed by atoms with E-state index in [1.54, 1.807) is 17.0 Å². The Hall–Kier alpha value is -3.28. The van der Waals surface area contributed by atoms with E-state index in [0.717, 1.165) is 59.4 Å². The number of fused-ring (bicyclic) bond motifs is 2. The zero-order valence-electron chi connectivity index (χ0n) is 17.6. The lowest BCUT2D eigenvalue weighted by Crippen LogP contribution is -2.36. The second-order valence-corrected chi connectivity index (χ2v) is 7.38. The fourth-order valence-electron chi connectivity index (χ4n) is 4.12. The summed E-state index contributed by atoms with van der Waals surface area (Å²) in [5, 5.41) is 0. The molecule has 0 fully saturated rings. The number of hydrogen-bond donors (Lipinski definition) is 0. The van der Waals surface area contributed by atoms with Crippen LogP contribution in [0.5, 0.6) is 0 Å². The van der Waals surface area contributed by atoms with Crippen molar-refractivity contribution in [3.8, 4) is 0 Å². The summed E-state index contributed by atoms with van der Waals surface area (Å²) in [6.07, 6.45) is 3.17. The summed E-state index contributed by atoms with van der Waals surface area (Å²) in [5.41, 5.74) is 6.24. The summed E-state index contributed by atoms with van der Waals surface area (Å²) in [6.45, 7) is 4.74. The van der Waals surface area contributed by atoms with E-state index in [0.29, 0.717) is 17.7 Å². The third kappa shape index (κ3) is 3.43. The summed E-state index contributed by atoms with van der Waals surface area (Å²) < 4.78 is 4.91. The summed E-state index contributed by atoms with van der Waals surface area (Å²) in [6, 6.07) is 10.9. The van der Waals surface area contributed by atoms with Crippen molar-refractivity contribution >= 4 is 28.6 Å². The first-order chi connectivity index (χ1) is 14.6. The Morgan fingerprint density at radius 1 is 1.03 bits per heavy atom. The predicted molar refractivity (Wildman–Crippen MR) is 116 cm³/mol. The molecule has 0 atom stereocenters. The molecule has 0 saturated carbocycles. The molecule has 1 aliphatic heterocycles. The molecule has 1 aromatic heterocycles. The van der Waals surface area contributed by atoms with E-state index in [-0.39, 0.29) is 11.9 Å². The Balaban J connectivity index is 1.74. The maximum absolute atomic E-state index is 13.4. The van der Waals surface area contributed by atoms with Crippen LogP contribution >= 0.6 is 0 Å². The van der Waals surface area contributed by atoms with Gasteiger partial charge >= 0.3 is 5.97 Å². The standard InChI is InChI=1S/C24H25N3O3/c1-4-18-19(5-2)26-21-14-15(11-12-20(21)25-18)23(28)27-13-7-9-16-17(24(29)30-3)8-6-10-22(16)27/h6,8,10-12,14H,4-5,7,9,13H2,1-3H3. The first kappa shape index (κ1) is 20.0. The van der Waals surface area contributed by atoms with Crippen LogP contribution in [0.25, 0.3) is 11.0 Å². The molecule has 2 aromatic carbocycles. The number of carbonyl (C=O) groups is 2. The molecule has 4 rings (SSSR count). The Kier molecular flexibility index (Phi) is 5.48. The number of aryl methyl sites for hydroxylation is 2. The molecule has 1 amide bonds. The van der Waals surface area contributed by atoms with Gasteiger partial charge in [-0.2, -0.15) is 0 Å². The lowest BCUT2D eigenvalue weighted by molar-refractivity contribution is 0.0599. The molecule has 3 aromatic rings. The van der Waals surface area contributed by atoms with Crippen LogP contribution in [0.3, 0.4) is 0 Å². The number of benzene rings is 2. The molecule has 154 valence electrons. The Bertz CT molecular complexity index is 1140. The SMILES string of the molecule is CCc1nc2ccc(C(=O)N3CCCc4c(C(=O)OC)cccc43)cc2nc1CC. The first-order valence-corrected chi connectivity index (χ1v) is 10.4. The lowest BCUT2D eigenvalue weighted by Gasteiger charge is -2.30. The minimum Gasteiger partial charge on any atom is -0.465 e. The number of ether oxygens (including phenoxy) is 1.